The molecule has 5 nitrogen and oxygen atoms in total. The van der Waals surface area contributed by atoms with Gasteiger partial charge in [0.25, 0.3) is 0 Å². The summed E-state index contributed by atoms with van der Waals surface area (Å²) in [5.74, 6) is 0. The summed E-state index contributed by atoms with van der Waals surface area (Å²) < 4.78 is 10.4. The van der Waals surface area contributed by atoms with Gasteiger partial charge in [-0.25, -0.2) is 4.79 Å². The van der Waals surface area contributed by atoms with E-state index in [2.05, 4.69) is 10.6 Å². The third-order valence-corrected chi connectivity index (χ3v) is 2.41. The van der Waals surface area contributed by atoms with Crippen LogP contribution in [0.25, 0.3) is 0 Å². The van der Waals surface area contributed by atoms with Gasteiger partial charge in [0, 0.05) is 26.2 Å². The maximum Gasteiger partial charge on any atom is 0.407 e. The summed E-state index contributed by atoms with van der Waals surface area (Å²) in [4.78, 5) is 11.4. The minimum Gasteiger partial charge on any atom is -0.444 e. The quantitative estimate of drug-likeness (QED) is 0.756. The van der Waals surface area contributed by atoms with E-state index < -0.39 is 5.60 Å². The molecule has 1 aliphatic heterocycles. The molecule has 0 spiro atoms. The molecule has 2 N–H and O–H groups in total. The largest absolute Gasteiger partial charge is 0.444 e. The first-order chi connectivity index (χ1) is 7.40. The number of hydrogen-bond acceptors (Lipinski definition) is 4. The molecule has 1 amide bonds. The van der Waals surface area contributed by atoms with Gasteiger partial charge in [-0.15, -0.1) is 0 Å². The van der Waals surface area contributed by atoms with Crippen molar-refractivity contribution in [3.05, 3.63) is 0 Å². The second-order valence-corrected chi connectivity index (χ2v) is 5.08. The highest BCUT2D eigenvalue weighted by Gasteiger charge is 2.24. The van der Waals surface area contributed by atoms with Crippen LogP contribution in [0.5, 0.6) is 0 Å². The highest BCUT2D eigenvalue weighted by molar-refractivity contribution is 5.67. The van der Waals surface area contributed by atoms with Gasteiger partial charge in [-0.1, -0.05) is 0 Å². The molecular formula is C11H22N2O3. The third kappa shape index (κ3) is 4.81. The van der Waals surface area contributed by atoms with Crippen molar-refractivity contribution >= 4 is 6.09 Å². The number of amides is 1. The Labute approximate surface area is 96.9 Å². The first kappa shape index (κ1) is 13.3. The Morgan fingerprint density at radius 1 is 1.50 bits per heavy atom. The lowest BCUT2D eigenvalue weighted by atomic mass is 10.2. The number of nitrogens with one attached hydrogen (secondary N) is 2. The van der Waals surface area contributed by atoms with Crippen molar-refractivity contribution in [2.45, 2.75) is 44.9 Å². The number of alkyl carbamates (subject to hydrolysis) is 1. The Balaban J connectivity index is 2.18. The first-order valence-corrected chi connectivity index (χ1v) is 5.64. The molecule has 0 unspecified atom stereocenters. The maximum atomic E-state index is 11.4. The number of carbonyl (C=O) groups excluding carboxylic acids is 1. The average molecular weight is 230 g/mol. The van der Waals surface area contributed by atoms with Crippen LogP contribution in [0.2, 0.25) is 0 Å². The van der Waals surface area contributed by atoms with Gasteiger partial charge in [0.2, 0.25) is 0 Å². The van der Waals surface area contributed by atoms with Crippen LogP contribution in [-0.4, -0.2) is 44.0 Å². The van der Waals surface area contributed by atoms with Crippen LogP contribution in [0.1, 0.15) is 27.2 Å². The summed E-state index contributed by atoms with van der Waals surface area (Å²) in [5.41, 5.74) is -0.442. The Morgan fingerprint density at radius 2 is 2.19 bits per heavy atom. The molecule has 1 saturated heterocycles. The molecule has 1 fully saturated rings. The van der Waals surface area contributed by atoms with Gasteiger partial charge < -0.3 is 20.1 Å². The van der Waals surface area contributed by atoms with Crippen LogP contribution in [0.4, 0.5) is 4.79 Å². The van der Waals surface area contributed by atoms with E-state index in [1.165, 1.54) is 0 Å². The fraction of sp³-hybridized carbons (Fsp3) is 0.909. The summed E-state index contributed by atoms with van der Waals surface area (Å²) >= 11 is 0. The van der Waals surface area contributed by atoms with Gasteiger partial charge in [0.05, 0.1) is 6.10 Å². The van der Waals surface area contributed by atoms with E-state index in [4.69, 9.17) is 9.47 Å². The van der Waals surface area contributed by atoms with Gasteiger partial charge >= 0.3 is 6.09 Å². The van der Waals surface area contributed by atoms with E-state index >= 15 is 0 Å². The Morgan fingerprint density at radius 3 is 2.69 bits per heavy atom. The van der Waals surface area contributed by atoms with E-state index in [1.807, 2.05) is 20.8 Å². The summed E-state index contributed by atoms with van der Waals surface area (Å²) in [5, 5.41) is 6.03. The Bertz CT molecular complexity index is 238. The van der Waals surface area contributed by atoms with E-state index in [1.54, 1.807) is 7.11 Å². The lowest BCUT2D eigenvalue weighted by Gasteiger charge is -2.20. The molecule has 0 aromatic carbocycles. The van der Waals surface area contributed by atoms with Crippen molar-refractivity contribution in [1.29, 1.82) is 0 Å². The molecule has 0 aromatic rings. The molecule has 5 heteroatoms. The van der Waals surface area contributed by atoms with Crippen molar-refractivity contribution in [2.75, 3.05) is 20.2 Å². The molecule has 0 bridgehead atoms. The summed E-state index contributed by atoms with van der Waals surface area (Å²) in [7, 11) is 1.70. The highest BCUT2D eigenvalue weighted by Crippen LogP contribution is 2.09. The van der Waals surface area contributed by atoms with Crippen LogP contribution < -0.4 is 10.6 Å². The number of ether oxygens (including phenoxy) is 2. The molecule has 0 aliphatic carbocycles. The molecule has 16 heavy (non-hydrogen) atoms. The fourth-order valence-corrected chi connectivity index (χ4v) is 1.64. The molecule has 0 aromatic heterocycles. The second kappa shape index (κ2) is 5.50. The van der Waals surface area contributed by atoms with Crippen molar-refractivity contribution < 1.29 is 14.3 Å². The van der Waals surface area contributed by atoms with Gasteiger partial charge in [-0.2, -0.15) is 0 Å². The van der Waals surface area contributed by atoms with Crippen molar-refractivity contribution in [3.8, 4) is 0 Å². The average Bonchev–Trinajstić information content (AvgIpc) is 2.59. The minimum absolute atomic E-state index is 0.255. The minimum atomic E-state index is -0.442. The van der Waals surface area contributed by atoms with E-state index in [0.29, 0.717) is 6.54 Å². The predicted molar refractivity (Wildman–Crippen MR) is 61.4 cm³/mol. The number of methoxy groups -OCH3 is 1. The molecule has 1 heterocycles. The van der Waals surface area contributed by atoms with Crippen LogP contribution in [0, 0.1) is 0 Å². The van der Waals surface area contributed by atoms with Gasteiger partial charge in [0.15, 0.2) is 0 Å². The number of hydrogen-bond donors (Lipinski definition) is 2. The zero-order valence-corrected chi connectivity index (χ0v) is 10.5. The van der Waals surface area contributed by atoms with Gasteiger partial charge in [-0.3, -0.25) is 0 Å². The SMILES string of the molecule is CO[C@@H]1CN[C@H](CNC(=O)OC(C)(C)C)C1. The van der Waals surface area contributed by atoms with Gasteiger partial charge in [-0.05, 0) is 27.2 Å². The molecule has 1 rings (SSSR count). The molecule has 0 saturated carbocycles. The molecular weight excluding hydrogens is 208 g/mol. The normalized spacial score (nSPS) is 25.5. The van der Waals surface area contributed by atoms with Crippen molar-refractivity contribution in [3.63, 3.8) is 0 Å². The molecule has 0 radical (unpaired) electrons. The zero-order chi connectivity index (χ0) is 12.2. The van der Waals surface area contributed by atoms with Crippen molar-refractivity contribution in [2.24, 2.45) is 0 Å². The molecule has 2 atom stereocenters. The summed E-state index contributed by atoms with van der Waals surface area (Å²) in [6, 6.07) is 0.275. The standard InChI is InChI=1S/C11H22N2O3/c1-11(2,3)16-10(14)13-6-8-5-9(15-4)7-12-8/h8-9,12H,5-7H2,1-4H3,(H,13,14)/t8-,9-/m0/s1. The lowest BCUT2D eigenvalue weighted by Crippen LogP contribution is -2.39. The van der Waals surface area contributed by atoms with Crippen LogP contribution in [0.15, 0.2) is 0 Å². The van der Waals surface area contributed by atoms with Crippen LogP contribution >= 0.6 is 0 Å². The predicted octanol–water partition coefficient (Wildman–Crippen LogP) is 0.888. The Kier molecular flexibility index (Phi) is 4.56. The summed E-state index contributed by atoms with van der Waals surface area (Å²) in [6.07, 6.45) is 0.812. The van der Waals surface area contributed by atoms with Crippen LogP contribution in [-0.2, 0) is 9.47 Å². The third-order valence-electron chi connectivity index (χ3n) is 2.41. The molecule has 94 valence electrons. The maximum absolute atomic E-state index is 11.4. The van der Waals surface area contributed by atoms with Crippen LogP contribution in [0.3, 0.4) is 0 Å². The fourth-order valence-electron chi connectivity index (χ4n) is 1.64. The van der Waals surface area contributed by atoms with E-state index in [0.717, 1.165) is 13.0 Å². The first-order valence-electron chi connectivity index (χ1n) is 5.64. The lowest BCUT2D eigenvalue weighted by molar-refractivity contribution is 0.0521. The monoisotopic (exact) mass is 230 g/mol. The topological polar surface area (TPSA) is 59.6 Å². The van der Waals surface area contributed by atoms with Crippen molar-refractivity contribution in [1.82, 2.24) is 10.6 Å². The number of rotatable bonds is 3. The molecule has 1 aliphatic rings. The number of carbonyl (C=O) groups is 1. The highest BCUT2D eigenvalue weighted by atomic mass is 16.6. The zero-order valence-electron chi connectivity index (χ0n) is 10.5. The van der Waals surface area contributed by atoms with E-state index in [9.17, 15) is 4.79 Å². The second-order valence-electron chi connectivity index (χ2n) is 5.08. The Hall–Kier alpha value is -0.810. The smallest absolute Gasteiger partial charge is 0.407 e. The van der Waals surface area contributed by atoms with E-state index in [-0.39, 0.29) is 18.2 Å². The van der Waals surface area contributed by atoms with Gasteiger partial charge in [0.1, 0.15) is 5.60 Å². The summed E-state index contributed by atoms with van der Waals surface area (Å²) in [6.45, 7) is 6.97.